The quantitative estimate of drug-likeness (QED) is 0.801. The number of hydrogen-bond donors (Lipinski definition) is 2. The molecule has 1 aliphatic rings. The topological polar surface area (TPSA) is 69.6 Å². The molecule has 1 aliphatic heterocycles. The van der Waals surface area contributed by atoms with Crippen molar-refractivity contribution in [3.63, 3.8) is 0 Å². The molecule has 0 radical (unpaired) electrons. The van der Waals surface area contributed by atoms with E-state index in [0.29, 0.717) is 5.25 Å². The summed E-state index contributed by atoms with van der Waals surface area (Å²) in [5, 5.41) is 12.0. The summed E-state index contributed by atoms with van der Waals surface area (Å²) >= 11 is 1.85. The maximum Gasteiger partial charge on any atom is 0.317 e. The Morgan fingerprint density at radius 3 is 2.65 bits per heavy atom. The van der Waals surface area contributed by atoms with Crippen molar-refractivity contribution in [1.82, 2.24) is 10.2 Å². The van der Waals surface area contributed by atoms with E-state index in [1.165, 1.54) is 0 Å². The molecule has 0 aromatic carbocycles. The van der Waals surface area contributed by atoms with Crippen LogP contribution in [-0.4, -0.2) is 52.1 Å². The van der Waals surface area contributed by atoms with Gasteiger partial charge in [-0.25, -0.2) is 4.79 Å². The molecule has 0 spiro atoms. The van der Waals surface area contributed by atoms with Gasteiger partial charge in [-0.1, -0.05) is 6.92 Å². The van der Waals surface area contributed by atoms with Crippen LogP contribution in [0.25, 0.3) is 0 Å². The standard InChI is InChI=1S/C11H20N2O3S/c1-7-6-13(4-5-17-7)11(16)12-9(3)8(2)10(14)15/h7-9H,4-6H2,1-3H3,(H,12,16)(H,14,15). The summed E-state index contributed by atoms with van der Waals surface area (Å²) in [5.74, 6) is -0.520. The van der Waals surface area contributed by atoms with Crippen molar-refractivity contribution >= 4 is 23.8 Å². The second-order valence-corrected chi connectivity index (χ2v) is 6.04. The summed E-state index contributed by atoms with van der Waals surface area (Å²) in [6, 6.07) is -0.511. The Bertz CT molecular complexity index is 298. The zero-order chi connectivity index (χ0) is 13.0. The molecule has 6 heteroatoms. The van der Waals surface area contributed by atoms with E-state index in [4.69, 9.17) is 5.11 Å². The number of thioether (sulfide) groups is 1. The van der Waals surface area contributed by atoms with Crippen LogP contribution in [0.15, 0.2) is 0 Å². The van der Waals surface area contributed by atoms with Crippen LogP contribution in [0.3, 0.4) is 0 Å². The second kappa shape index (κ2) is 6.14. The van der Waals surface area contributed by atoms with Gasteiger partial charge in [-0.05, 0) is 13.8 Å². The zero-order valence-corrected chi connectivity index (χ0v) is 11.3. The summed E-state index contributed by atoms with van der Waals surface area (Å²) in [4.78, 5) is 24.4. The Morgan fingerprint density at radius 1 is 1.47 bits per heavy atom. The molecule has 1 saturated heterocycles. The molecule has 0 aromatic heterocycles. The second-order valence-electron chi connectivity index (χ2n) is 4.49. The molecule has 0 aliphatic carbocycles. The molecule has 2 N–H and O–H groups in total. The third kappa shape index (κ3) is 4.11. The lowest BCUT2D eigenvalue weighted by Gasteiger charge is -2.32. The van der Waals surface area contributed by atoms with Gasteiger partial charge >= 0.3 is 12.0 Å². The van der Waals surface area contributed by atoms with Gasteiger partial charge in [0, 0.05) is 30.1 Å². The average Bonchev–Trinajstić information content (AvgIpc) is 2.27. The molecular weight excluding hydrogens is 240 g/mol. The maximum absolute atomic E-state index is 11.9. The van der Waals surface area contributed by atoms with Crippen LogP contribution in [0, 0.1) is 5.92 Å². The molecule has 98 valence electrons. The zero-order valence-electron chi connectivity index (χ0n) is 10.5. The highest BCUT2D eigenvalue weighted by atomic mass is 32.2. The number of nitrogens with one attached hydrogen (secondary N) is 1. The number of hydrogen-bond acceptors (Lipinski definition) is 3. The molecule has 1 heterocycles. The van der Waals surface area contributed by atoms with Crippen LogP contribution in [0.1, 0.15) is 20.8 Å². The molecule has 0 saturated carbocycles. The first-order chi connectivity index (χ1) is 7.91. The number of carbonyl (C=O) groups is 2. The third-order valence-electron chi connectivity index (χ3n) is 3.02. The average molecular weight is 260 g/mol. The van der Waals surface area contributed by atoms with Gasteiger partial charge in [0.2, 0.25) is 0 Å². The first kappa shape index (κ1) is 14.2. The van der Waals surface area contributed by atoms with Crippen LogP contribution >= 0.6 is 11.8 Å². The molecule has 1 fully saturated rings. The van der Waals surface area contributed by atoms with E-state index < -0.39 is 11.9 Å². The SMILES string of the molecule is CC1CN(C(=O)NC(C)C(C)C(=O)O)CCS1. The normalized spacial score (nSPS) is 23.9. The van der Waals surface area contributed by atoms with E-state index in [0.717, 1.165) is 18.8 Å². The third-order valence-corrected chi connectivity index (χ3v) is 4.16. The van der Waals surface area contributed by atoms with Crippen LogP contribution in [0.4, 0.5) is 4.79 Å². The predicted octanol–water partition coefficient (Wildman–Crippen LogP) is 1.24. The Hall–Kier alpha value is -0.910. The van der Waals surface area contributed by atoms with Gasteiger partial charge in [-0.2, -0.15) is 11.8 Å². The lowest BCUT2D eigenvalue weighted by molar-refractivity contribution is -0.141. The van der Waals surface area contributed by atoms with Crippen molar-refractivity contribution < 1.29 is 14.7 Å². The van der Waals surface area contributed by atoms with Crippen molar-refractivity contribution in [3.8, 4) is 0 Å². The van der Waals surface area contributed by atoms with E-state index in [1.54, 1.807) is 18.7 Å². The summed E-state index contributed by atoms with van der Waals surface area (Å²) < 4.78 is 0. The van der Waals surface area contributed by atoms with Gasteiger partial charge in [-0.3, -0.25) is 4.79 Å². The molecule has 3 atom stereocenters. The van der Waals surface area contributed by atoms with Gasteiger partial charge in [0.25, 0.3) is 0 Å². The summed E-state index contributed by atoms with van der Waals surface area (Å²) in [6.45, 7) is 6.87. The lowest BCUT2D eigenvalue weighted by Crippen LogP contribution is -2.50. The van der Waals surface area contributed by atoms with Crippen molar-refractivity contribution in [3.05, 3.63) is 0 Å². The van der Waals surface area contributed by atoms with E-state index in [9.17, 15) is 9.59 Å². The minimum absolute atomic E-state index is 0.155. The van der Waals surface area contributed by atoms with Gasteiger partial charge in [0.15, 0.2) is 0 Å². The number of amides is 2. The number of aliphatic carboxylic acids is 1. The first-order valence-corrected chi connectivity index (χ1v) is 6.86. The highest BCUT2D eigenvalue weighted by Crippen LogP contribution is 2.17. The fourth-order valence-corrected chi connectivity index (χ4v) is 2.64. The lowest BCUT2D eigenvalue weighted by atomic mass is 10.0. The fourth-order valence-electron chi connectivity index (χ4n) is 1.63. The number of rotatable bonds is 3. The fraction of sp³-hybridized carbons (Fsp3) is 0.818. The number of nitrogens with zero attached hydrogens (tertiary/aromatic N) is 1. The molecule has 0 bridgehead atoms. The molecule has 1 rings (SSSR count). The summed E-state index contributed by atoms with van der Waals surface area (Å²) in [5.41, 5.74) is 0. The van der Waals surface area contributed by atoms with Crippen LogP contribution in [0.5, 0.6) is 0 Å². The van der Waals surface area contributed by atoms with E-state index in [-0.39, 0.29) is 12.1 Å². The van der Waals surface area contributed by atoms with Crippen LogP contribution in [-0.2, 0) is 4.79 Å². The molecule has 5 nitrogen and oxygen atoms in total. The predicted molar refractivity (Wildman–Crippen MR) is 68.3 cm³/mol. The van der Waals surface area contributed by atoms with E-state index >= 15 is 0 Å². The first-order valence-electron chi connectivity index (χ1n) is 5.81. The van der Waals surface area contributed by atoms with E-state index in [1.807, 2.05) is 11.8 Å². The van der Waals surface area contributed by atoms with Gasteiger partial charge in [0.05, 0.1) is 5.92 Å². The summed E-state index contributed by atoms with van der Waals surface area (Å²) in [6.07, 6.45) is 0. The van der Waals surface area contributed by atoms with Gasteiger partial charge in [0.1, 0.15) is 0 Å². The number of carboxylic acid groups (broad SMARTS) is 1. The highest BCUT2D eigenvalue weighted by Gasteiger charge is 2.25. The Kier molecular flexibility index (Phi) is 5.11. The number of urea groups is 1. The minimum Gasteiger partial charge on any atom is -0.481 e. The largest absolute Gasteiger partial charge is 0.481 e. The van der Waals surface area contributed by atoms with Crippen molar-refractivity contribution in [1.29, 1.82) is 0 Å². The van der Waals surface area contributed by atoms with Crippen molar-refractivity contribution in [2.45, 2.75) is 32.1 Å². The molecule has 17 heavy (non-hydrogen) atoms. The Morgan fingerprint density at radius 2 is 2.12 bits per heavy atom. The Labute approximate surface area is 106 Å². The summed E-state index contributed by atoms with van der Waals surface area (Å²) in [7, 11) is 0. The van der Waals surface area contributed by atoms with Crippen LogP contribution < -0.4 is 5.32 Å². The molecule has 0 aromatic rings. The molecular formula is C11H20N2O3S. The minimum atomic E-state index is -0.889. The van der Waals surface area contributed by atoms with Crippen molar-refractivity contribution in [2.75, 3.05) is 18.8 Å². The maximum atomic E-state index is 11.9. The number of carboxylic acids is 1. The number of carbonyl (C=O) groups excluding carboxylic acids is 1. The van der Waals surface area contributed by atoms with Gasteiger partial charge in [-0.15, -0.1) is 0 Å². The molecule has 2 amide bonds. The molecule has 3 unspecified atom stereocenters. The van der Waals surface area contributed by atoms with Crippen LogP contribution in [0.2, 0.25) is 0 Å². The smallest absolute Gasteiger partial charge is 0.317 e. The Balaban J connectivity index is 2.45. The van der Waals surface area contributed by atoms with E-state index in [2.05, 4.69) is 12.2 Å². The highest BCUT2D eigenvalue weighted by molar-refractivity contribution is 7.99. The van der Waals surface area contributed by atoms with Gasteiger partial charge < -0.3 is 15.3 Å². The monoisotopic (exact) mass is 260 g/mol. The van der Waals surface area contributed by atoms with Crippen molar-refractivity contribution in [2.24, 2.45) is 5.92 Å².